The van der Waals surface area contributed by atoms with Gasteiger partial charge in [0.05, 0.1) is 6.04 Å². The highest BCUT2D eigenvalue weighted by Crippen LogP contribution is 2.30. The van der Waals surface area contributed by atoms with E-state index in [1.165, 1.54) is 0 Å². The Morgan fingerprint density at radius 3 is 2.59 bits per heavy atom. The SMILES string of the molecule is O=C(N[C@@H](c1cccnc1)C1CCOCC1)c1cc(-c2cccnc2)on1. The molecule has 1 amide bonds. The Balaban J connectivity index is 1.54. The Morgan fingerprint density at radius 2 is 1.89 bits per heavy atom. The molecule has 4 heterocycles. The van der Waals surface area contributed by atoms with Crippen molar-refractivity contribution in [1.82, 2.24) is 20.4 Å². The average Bonchev–Trinajstić information content (AvgIpc) is 3.24. The molecular weight excluding hydrogens is 344 g/mol. The van der Waals surface area contributed by atoms with E-state index < -0.39 is 0 Å². The highest BCUT2D eigenvalue weighted by atomic mass is 16.5. The molecule has 0 saturated carbocycles. The molecule has 1 aliphatic rings. The van der Waals surface area contributed by atoms with Crippen LogP contribution in [0.3, 0.4) is 0 Å². The molecule has 1 N–H and O–H groups in total. The van der Waals surface area contributed by atoms with Gasteiger partial charge in [0, 0.05) is 49.6 Å². The van der Waals surface area contributed by atoms with Gasteiger partial charge in [-0.1, -0.05) is 11.2 Å². The van der Waals surface area contributed by atoms with Crippen LogP contribution in [0, 0.1) is 5.92 Å². The van der Waals surface area contributed by atoms with Gasteiger partial charge >= 0.3 is 0 Å². The zero-order valence-corrected chi connectivity index (χ0v) is 14.7. The number of carbonyl (C=O) groups is 1. The van der Waals surface area contributed by atoms with E-state index in [9.17, 15) is 4.79 Å². The Kier molecular flexibility index (Phi) is 5.20. The fourth-order valence-electron chi connectivity index (χ4n) is 3.32. The van der Waals surface area contributed by atoms with Crippen LogP contribution < -0.4 is 5.32 Å². The third-order valence-electron chi connectivity index (χ3n) is 4.76. The molecule has 1 atom stereocenters. The summed E-state index contributed by atoms with van der Waals surface area (Å²) in [6, 6.07) is 9.02. The van der Waals surface area contributed by atoms with Gasteiger partial charge in [-0.15, -0.1) is 0 Å². The average molecular weight is 364 g/mol. The summed E-state index contributed by atoms with van der Waals surface area (Å²) in [5.41, 5.74) is 2.00. The van der Waals surface area contributed by atoms with Crippen LogP contribution in [0.2, 0.25) is 0 Å². The first-order valence-corrected chi connectivity index (χ1v) is 8.97. The summed E-state index contributed by atoms with van der Waals surface area (Å²) in [5, 5.41) is 7.04. The zero-order valence-electron chi connectivity index (χ0n) is 14.7. The maximum atomic E-state index is 12.8. The molecular formula is C20H20N4O3. The highest BCUT2D eigenvalue weighted by Gasteiger charge is 2.28. The summed E-state index contributed by atoms with van der Waals surface area (Å²) in [6.45, 7) is 1.40. The smallest absolute Gasteiger partial charge is 0.273 e. The van der Waals surface area contributed by atoms with E-state index in [1.54, 1.807) is 36.9 Å². The van der Waals surface area contributed by atoms with E-state index in [0.717, 1.165) is 24.0 Å². The maximum absolute atomic E-state index is 12.8. The molecule has 3 aromatic rings. The van der Waals surface area contributed by atoms with Crippen LogP contribution in [-0.2, 0) is 4.74 Å². The summed E-state index contributed by atoms with van der Waals surface area (Å²) >= 11 is 0. The van der Waals surface area contributed by atoms with Crippen molar-refractivity contribution in [2.24, 2.45) is 5.92 Å². The van der Waals surface area contributed by atoms with Gasteiger partial charge in [-0.05, 0) is 42.5 Å². The van der Waals surface area contributed by atoms with Gasteiger partial charge in [0.15, 0.2) is 11.5 Å². The van der Waals surface area contributed by atoms with Crippen LogP contribution in [-0.4, -0.2) is 34.2 Å². The largest absolute Gasteiger partial charge is 0.381 e. The first-order valence-electron chi connectivity index (χ1n) is 8.97. The number of carbonyl (C=O) groups excluding carboxylic acids is 1. The van der Waals surface area contributed by atoms with Gasteiger partial charge in [-0.25, -0.2) is 0 Å². The van der Waals surface area contributed by atoms with Gasteiger partial charge in [-0.2, -0.15) is 0 Å². The van der Waals surface area contributed by atoms with Gasteiger partial charge in [0.25, 0.3) is 5.91 Å². The second-order valence-electron chi connectivity index (χ2n) is 6.51. The third-order valence-corrected chi connectivity index (χ3v) is 4.76. The minimum Gasteiger partial charge on any atom is -0.381 e. The number of nitrogens with zero attached hydrogens (tertiary/aromatic N) is 3. The zero-order chi connectivity index (χ0) is 18.5. The van der Waals surface area contributed by atoms with Crippen molar-refractivity contribution in [3.8, 4) is 11.3 Å². The Morgan fingerprint density at radius 1 is 1.11 bits per heavy atom. The quantitative estimate of drug-likeness (QED) is 0.748. The molecule has 1 fully saturated rings. The molecule has 0 radical (unpaired) electrons. The molecule has 0 bridgehead atoms. The van der Waals surface area contributed by atoms with Crippen molar-refractivity contribution in [3.05, 3.63) is 66.4 Å². The lowest BCUT2D eigenvalue weighted by atomic mass is 9.87. The lowest BCUT2D eigenvalue weighted by molar-refractivity contribution is 0.0512. The van der Waals surface area contributed by atoms with Crippen LogP contribution in [0.15, 0.2) is 59.6 Å². The fraction of sp³-hybridized carbons (Fsp3) is 0.300. The topological polar surface area (TPSA) is 90.1 Å². The fourth-order valence-corrected chi connectivity index (χ4v) is 3.32. The number of pyridine rings is 2. The molecule has 4 rings (SSSR count). The first-order chi connectivity index (χ1) is 13.3. The number of nitrogens with one attached hydrogen (secondary N) is 1. The predicted octanol–water partition coefficient (Wildman–Crippen LogP) is 3.03. The third kappa shape index (κ3) is 4.03. The number of hydrogen-bond acceptors (Lipinski definition) is 6. The number of ether oxygens (including phenoxy) is 1. The van der Waals surface area contributed by atoms with Crippen LogP contribution in [0.25, 0.3) is 11.3 Å². The van der Waals surface area contributed by atoms with E-state index in [2.05, 4.69) is 20.4 Å². The van der Waals surface area contributed by atoms with Crippen molar-refractivity contribution in [1.29, 1.82) is 0 Å². The molecule has 7 heteroatoms. The van der Waals surface area contributed by atoms with Gasteiger partial charge in [0.1, 0.15) is 0 Å². The van der Waals surface area contributed by atoms with Gasteiger partial charge in [0.2, 0.25) is 0 Å². The minimum absolute atomic E-state index is 0.145. The molecule has 1 saturated heterocycles. The number of hydrogen-bond donors (Lipinski definition) is 1. The first kappa shape index (κ1) is 17.4. The van der Waals surface area contributed by atoms with E-state index in [-0.39, 0.29) is 23.6 Å². The molecule has 7 nitrogen and oxygen atoms in total. The summed E-state index contributed by atoms with van der Waals surface area (Å²) in [7, 11) is 0. The summed E-state index contributed by atoms with van der Waals surface area (Å²) < 4.78 is 10.8. The van der Waals surface area contributed by atoms with Gasteiger partial charge < -0.3 is 14.6 Å². The van der Waals surface area contributed by atoms with Gasteiger partial charge in [-0.3, -0.25) is 14.8 Å². The predicted molar refractivity (Wildman–Crippen MR) is 97.7 cm³/mol. The maximum Gasteiger partial charge on any atom is 0.273 e. The molecule has 1 aliphatic heterocycles. The molecule has 0 unspecified atom stereocenters. The Labute approximate surface area is 156 Å². The summed E-state index contributed by atoms with van der Waals surface area (Å²) in [4.78, 5) is 21.1. The molecule has 0 aliphatic carbocycles. The molecule has 138 valence electrons. The van der Waals surface area contributed by atoms with Crippen molar-refractivity contribution in [2.45, 2.75) is 18.9 Å². The number of aromatic nitrogens is 3. The Bertz CT molecular complexity index is 877. The van der Waals surface area contributed by atoms with E-state index >= 15 is 0 Å². The minimum atomic E-state index is -0.269. The van der Waals surface area contributed by atoms with Crippen molar-refractivity contribution < 1.29 is 14.1 Å². The molecule has 27 heavy (non-hydrogen) atoms. The summed E-state index contributed by atoms with van der Waals surface area (Å²) in [5.74, 6) is 0.531. The van der Waals surface area contributed by atoms with Crippen molar-refractivity contribution >= 4 is 5.91 Å². The monoisotopic (exact) mass is 364 g/mol. The molecule has 3 aromatic heterocycles. The second kappa shape index (κ2) is 8.09. The Hall–Kier alpha value is -3.06. The standard InChI is InChI=1S/C20H20N4O3/c25-20(17-11-18(27-24-17)15-3-1-7-21-12-15)23-19(14-5-9-26-10-6-14)16-4-2-8-22-13-16/h1-4,7-8,11-14,19H,5-6,9-10H2,(H,23,25)/t19-/m1/s1. The number of amides is 1. The normalized spacial score (nSPS) is 16.0. The highest BCUT2D eigenvalue weighted by molar-refractivity contribution is 5.93. The van der Waals surface area contributed by atoms with E-state index in [0.29, 0.717) is 19.0 Å². The van der Waals surface area contributed by atoms with Crippen LogP contribution in [0.4, 0.5) is 0 Å². The van der Waals surface area contributed by atoms with Crippen molar-refractivity contribution in [3.63, 3.8) is 0 Å². The number of rotatable bonds is 5. The van der Waals surface area contributed by atoms with E-state index in [1.807, 2.05) is 18.2 Å². The van der Waals surface area contributed by atoms with Crippen molar-refractivity contribution in [2.75, 3.05) is 13.2 Å². The summed E-state index contributed by atoms with van der Waals surface area (Å²) in [6.07, 6.45) is 8.65. The van der Waals surface area contributed by atoms with Crippen LogP contribution in [0.5, 0.6) is 0 Å². The van der Waals surface area contributed by atoms with Crippen LogP contribution in [0.1, 0.15) is 34.9 Å². The second-order valence-corrected chi connectivity index (χ2v) is 6.51. The van der Waals surface area contributed by atoms with Crippen LogP contribution >= 0.6 is 0 Å². The molecule has 0 aromatic carbocycles. The molecule has 0 spiro atoms. The lowest BCUT2D eigenvalue weighted by Crippen LogP contribution is -2.36. The van der Waals surface area contributed by atoms with E-state index in [4.69, 9.17) is 9.26 Å². The lowest BCUT2D eigenvalue weighted by Gasteiger charge is -2.30.